The van der Waals surface area contributed by atoms with Crippen LogP contribution in [0.2, 0.25) is 0 Å². The highest BCUT2D eigenvalue weighted by Gasteiger charge is 2.08. The molecule has 0 aliphatic rings. The molecule has 1 aromatic carbocycles. The number of anilines is 1. The molecule has 0 aliphatic carbocycles. The molecule has 0 unspecified atom stereocenters. The van der Waals surface area contributed by atoms with E-state index in [0.29, 0.717) is 24.3 Å². The monoisotopic (exact) mass is 300 g/mol. The number of carbonyl (C=O) groups excluding carboxylic acids is 1. The van der Waals surface area contributed by atoms with Crippen LogP contribution in [0.15, 0.2) is 36.7 Å². The third kappa shape index (κ3) is 3.97. The van der Waals surface area contributed by atoms with Crippen molar-refractivity contribution in [3.63, 3.8) is 0 Å². The molecule has 0 spiro atoms. The van der Waals surface area contributed by atoms with E-state index in [1.165, 1.54) is 0 Å². The summed E-state index contributed by atoms with van der Waals surface area (Å²) in [6.45, 7) is 1.94. The number of hydrogen-bond acceptors (Lipinski definition) is 4. The lowest BCUT2D eigenvalue weighted by atomic mass is 10.1. The number of pyridine rings is 1. The fraction of sp³-hybridized carbons (Fsp3) is 0.294. The van der Waals surface area contributed by atoms with Gasteiger partial charge < -0.3 is 14.8 Å². The number of amides is 1. The summed E-state index contributed by atoms with van der Waals surface area (Å²) in [4.78, 5) is 16.0. The molecule has 0 radical (unpaired) electrons. The first-order valence-electron chi connectivity index (χ1n) is 7.05. The van der Waals surface area contributed by atoms with Gasteiger partial charge in [0.05, 0.1) is 26.1 Å². The summed E-state index contributed by atoms with van der Waals surface area (Å²) >= 11 is 0. The number of nitrogens with one attached hydrogen (secondary N) is 1. The summed E-state index contributed by atoms with van der Waals surface area (Å²) in [6, 6.07) is 7.53. The Balaban J connectivity index is 1.95. The number of ether oxygens (including phenoxy) is 2. The van der Waals surface area contributed by atoms with Gasteiger partial charge in [-0.15, -0.1) is 0 Å². The van der Waals surface area contributed by atoms with Crippen molar-refractivity contribution < 1.29 is 14.3 Å². The van der Waals surface area contributed by atoms with Gasteiger partial charge in [-0.3, -0.25) is 9.78 Å². The molecule has 0 saturated carbocycles. The number of methoxy groups -OCH3 is 2. The minimum atomic E-state index is -0.0362. The Morgan fingerprint density at radius 1 is 1.18 bits per heavy atom. The maximum Gasteiger partial charge on any atom is 0.224 e. The quantitative estimate of drug-likeness (QED) is 0.891. The number of rotatable bonds is 6. The van der Waals surface area contributed by atoms with Crippen LogP contribution in [0, 0.1) is 6.92 Å². The Kier molecular flexibility index (Phi) is 5.36. The normalized spacial score (nSPS) is 10.1. The molecule has 0 aliphatic heterocycles. The highest BCUT2D eigenvalue weighted by molar-refractivity contribution is 5.91. The number of aryl methyl sites for hydroxylation is 2. The number of aromatic nitrogens is 1. The van der Waals surface area contributed by atoms with Gasteiger partial charge in [-0.05, 0) is 42.7 Å². The molecule has 2 aromatic rings. The summed E-state index contributed by atoms with van der Waals surface area (Å²) in [5.41, 5.74) is 2.77. The highest BCUT2D eigenvalue weighted by Crippen LogP contribution is 2.28. The lowest BCUT2D eigenvalue weighted by molar-refractivity contribution is -0.116. The van der Waals surface area contributed by atoms with Gasteiger partial charge in [0.1, 0.15) is 0 Å². The molecule has 1 amide bonds. The van der Waals surface area contributed by atoms with E-state index < -0.39 is 0 Å². The van der Waals surface area contributed by atoms with Gasteiger partial charge in [-0.1, -0.05) is 6.07 Å². The lowest BCUT2D eigenvalue weighted by Crippen LogP contribution is -2.13. The average Bonchev–Trinajstić information content (AvgIpc) is 2.54. The van der Waals surface area contributed by atoms with Crippen molar-refractivity contribution in [3.8, 4) is 11.5 Å². The summed E-state index contributed by atoms with van der Waals surface area (Å²) in [5, 5.41) is 2.87. The van der Waals surface area contributed by atoms with Crippen LogP contribution < -0.4 is 14.8 Å². The third-order valence-electron chi connectivity index (χ3n) is 3.40. The fourth-order valence-corrected chi connectivity index (χ4v) is 2.10. The Hall–Kier alpha value is -2.56. The molecular weight excluding hydrogens is 280 g/mol. The second-order valence-electron chi connectivity index (χ2n) is 4.93. The Morgan fingerprint density at radius 3 is 2.64 bits per heavy atom. The van der Waals surface area contributed by atoms with Crippen LogP contribution in [-0.2, 0) is 11.2 Å². The van der Waals surface area contributed by atoms with Crippen LogP contribution in [0.5, 0.6) is 11.5 Å². The van der Waals surface area contributed by atoms with Crippen LogP contribution in [0.4, 0.5) is 5.69 Å². The molecule has 5 heteroatoms. The number of benzene rings is 1. The standard InChI is InChI=1S/C17H20N2O3/c1-12-8-9-18-11-14(12)19-17(20)7-5-13-4-6-15(21-2)16(10-13)22-3/h4,6,8-11H,5,7H2,1-3H3,(H,19,20). The van der Waals surface area contributed by atoms with E-state index in [2.05, 4.69) is 10.3 Å². The topological polar surface area (TPSA) is 60.5 Å². The average molecular weight is 300 g/mol. The van der Waals surface area contributed by atoms with Gasteiger partial charge in [0.25, 0.3) is 0 Å². The van der Waals surface area contributed by atoms with E-state index in [9.17, 15) is 4.79 Å². The van der Waals surface area contributed by atoms with Crippen molar-refractivity contribution in [2.75, 3.05) is 19.5 Å². The van der Waals surface area contributed by atoms with Crippen molar-refractivity contribution in [3.05, 3.63) is 47.8 Å². The smallest absolute Gasteiger partial charge is 0.224 e. The first kappa shape index (κ1) is 15.8. The minimum absolute atomic E-state index is 0.0362. The van der Waals surface area contributed by atoms with Gasteiger partial charge in [-0.2, -0.15) is 0 Å². The van der Waals surface area contributed by atoms with Crippen LogP contribution in [0.1, 0.15) is 17.5 Å². The predicted octanol–water partition coefficient (Wildman–Crippen LogP) is 2.98. The van der Waals surface area contributed by atoms with Gasteiger partial charge in [0, 0.05) is 12.6 Å². The first-order valence-corrected chi connectivity index (χ1v) is 7.05. The summed E-state index contributed by atoms with van der Waals surface area (Å²) < 4.78 is 10.5. The van der Waals surface area contributed by atoms with Crippen LogP contribution in [-0.4, -0.2) is 25.1 Å². The zero-order chi connectivity index (χ0) is 15.9. The molecule has 5 nitrogen and oxygen atoms in total. The van der Waals surface area contributed by atoms with Gasteiger partial charge in [0.2, 0.25) is 5.91 Å². The molecule has 0 fully saturated rings. The van der Waals surface area contributed by atoms with Crippen molar-refractivity contribution in [2.45, 2.75) is 19.8 Å². The van der Waals surface area contributed by atoms with Gasteiger partial charge in [-0.25, -0.2) is 0 Å². The van der Waals surface area contributed by atoms with Crippen molar-refractivity contribution >= 4 is 11.6 Å². The Bertz CT molecular complexity index is 656. The molecule has 1 N–H and O–H groups in total. The van der Waals surface area contributed by atoms with E-state index in [0.717, 1.165) is 16.8 Å². The zero-order valence-electron chi connectivity index (χ0n) is 13.1. The minimum Gasteiger partial charge on any atom is -0.493 e. The van der Waals surface area contributed by atoms with Gasteiger partial charge in [0.15, 0.2) is 11.5 Å². The Morgan fingerprint density at radius 2 is 1.95 bits per heavy atom. The number of hydrogen-bond donors (Lipinski definition) is 1. The molecule has 116 valence electrons. The van der Waals surface area contributed by atoms with Crippen molar-refractivity contribution in [2.24, 2.45) is 0 Å². The predicted molar refractivity (Wildman–Crippen MR) is 85.5 cm³/mol. The van der Waals surface area contributed by atoms with E-state index in [4.69, 9.17) is 9.47 Å². The maximum atomic E-state index is 12.0. The second kappa shape index (κ2) is 7.45. The Labute approximate surface area is 130 Å². The molecular formula is C17H20N2O3. The third-order valence-corrected chi connectivity index (χ3v) is 3.40. The molecule has 0 atom stereocenters. The molecule has 0 bridgehead atoms. The van der Waals surface area contributed by atoms with Crippen LogP contribution in [0.25, 0.3) is 0 Å². The van der Waals surface area contributed by atoms with E-state index in [1.807, 2.05) is 31.2 Å². The molecule has 1 aromatic heterocycles. The fourth-order valence-electron chi connectivity index (χ4n) is 2.10. The maximum absolute atomic E-state index is 12.0. The molecule has 2 rings (SSSR count). The SMILES string of the molecule is COc1ccc(CCC(=O)Nc2cnccc2C)cc1OC. The van der Waals surface area contributed by atoms with E-state index >= 15 is 0 Å². The summed E-state index contributed by atoms with van der Waals surface area (Å²) in [5.74, 6) is 1.32. The number of nitrogens with zero attached hydrogens (tertiary/aromatic N) is 1. The number of carbonyl (C=O) groups is 1. The van der Waals surface area contributed by atoms with Crippen LogP contribution >= 0.6 is 0 Å². The van der Waals surface area contributed by atoms with E-state index in [1.54, 1.807) is 26.6 Å². The lowest BCUT2D eigenvalue weighted by Gasteiger charge is -2.10. The largest absolute Gasteiger partial charge is 0.493 e. The summed E-state index contributed by atoms with van der Waals surface area (Å²) in [6.07, 6.45) is 4.38. The summed E-state index contributed by atoms with van der Waals surface area (Å²) in [7, 11) is 3.20. The van der Waals surface area contributed by atoms with Crippen molar-refractivity contribution in [1.82, 2.24) is 4.98 Å². The van der Waals surface area contributed by atoms with Crippen molar-refractivity contribution in [1.29, 1.82) is 0 Å². The van der Waals surface area contributed by atoms with Crippen LogP contribution in [0.3, 0.4) is 0 Å². The first-order chi connectivity index (χ1) is 10.6. The molecule has 0 saturated heterocycles. The second-order valence-corrected chi connectivity index (χ2v) is 4.93. The van der Waals surface area contributed by atoms with Gasteiger partial charge >= 0.3 is 0 Å². The van der Waals surface area contributed by atoms with E-state index in [-0.39, 0.29) is 5.91 Å². The zero-order valence-corrected chi connectivity index (χ0v) is 13.1. The molecule has 22 heavy (non-hydrogen) atoms. The highest BCUT2D eigenvalue weighted by atomic mass is 16.5. The molecule has 1 heterocycles.